The molecule has 0 fully saturated rings. The summed E-state index contributed by atoms with van der Waals surface area (Å²) >= 11 is 0. The number of carbonyl (C=O) groups is 1. The molecule has 0 radical (unpaired) electrons. The molecule has 0 atom stereocenters. The van der Waals surface area contributed by atoms with Crippen molar-refractivity contribution in [2.45, 2.75) is 6.61 Å². The Morgan fingerprint density at radius 2 is 2.10 bits per heavy atom. The van der Waals surface area contributed by atoms with Crippen LogP contribution >= 0.6 is 0 Å². The van der Waals surface area contributed by atoms with Gasteiger partial charge in [0.1, 0.15) is 12.4 Å². The molecular weight excluding hydrogens is 398 g/mol. The number of fused-ring (bicyclic) bond motifs is 4. The summed E-state index contributed by atoms with van der Waals surface area (Å²) in [6.45, 7) is 1.04. The quantitative estimate of drug-likeness (QED) is 0.489. The molecule has 0 unspecified atom stereocenters. The van der Waals surface area contributed by atoms with Crippen LogP contribution in [0, 0.1) is 0 Å². The zero-order valence-corrected chi connectivity index (χ0v) is 16.7. The number of rotatable bonds is 1. The van der Waals surface area contributed by atoms with Gasteiger partial charge < -0.3 is 14.6 Å². The normalized spacial score (nSPS) is 14.9. The highest BCUT2D eigenvalue weighted by Crippen LogP contribution is 2.28. The topological polar surface area (TPSA) is 115 Å². The number of carboxylic acid groups (broad SMARTS) is 1. The van der Waals surface area contributed by atoms with E-state index in [1.165, 1.54) is 6.07 Å². The van der Waals surface area contributed by atoms with Crippen molar-refractivity contribution < 1.29 is 19.4 Å². The van der Waals surface area contributed by atoms with Crippen LogP contribution in [0.2, 0.25) is 0 Å². The minimum Gasteiger partial charge on any atom is -0.491 e. The van der Waals surface area contributed by atoms with Crippen LogP contribution in [0.25, 0.3) is 34.3 Å². The van der Waals surface area contributed by atoms with Crippen molar-refractivity contribution in [1.82, 2.24) is 25.0 Å². The summed E-state index contributed by atoms with van der Waals surface area (Å²) in [4.78, 5) is 16.0. The van der Waals surface area contributed by atoms with Crippen molar-refractivity contribution in [1.29, 1.82) is 0 Å². The summed E-state index contributed by atoms with van der Waals surface area (Å²) in [5.74, 6) is -0.425. The third-order valence-corrected chi connectivity index (χ3v) is 5.22. The first-order chi connectivity index (χ1) is 15.1. The second kappa shape index (κ2) is 7.69. The Bertz CT molecular complexity index is 1320. The predicted octanol–water partition coefficient (Wildman–Crippen LogP) is 3.14. The highest BCUT2D eigenvalue weighted by Gasteiger charge is 2.15. The minimum atomic E-state index is -0.997. The van der Waals surface area contributed by atoms with Gasteiger partial charge in [-0.3, -0.25) is 14.8 Å². The van der Waals surface area contributed by atoms with E-state index in [-0.39, 0.29) is 5.56 Å². The largest absolute Gasteiger partial charge is 0.491 e. The monoisotopic (exact) mass is 417 g/mol. The molecular formula is C22H19N5O4. The Labute approximate surface area is 176 Å². The lowest BCUT2D eigenvalue weighted by Gasteiger charge is -2.11. The fourth-order valence-electron chi connectivity index (χ4n) is 3.55. The van der Waals surface area contributed by atoms with E-state index in [1.807, 2.05) is 19.2 Å². The number of aromatic nitrogens is 5. The Balaban J connectivity index is 1.65. The van der Waals surface area contributed by atoms with Crippen molar-refractivity contribution in [2.75, 3.05) is 13.2 Å². The molecule has 3 aromatic heterocycles. The summed E-state index contributed by atoms with van der Waals surface area (Å²) in [6, 6.07) is 6.72. The molecule has 0 spiro atoms. The third-order valence-electron chi connectivity index (χ3n) is 5.22. The summed E-state index contributed by atoms with van der Waals surface area (Å²) in [6.07, 6.45) is 7.15. The van der Waals surface area contributed by atoms with Crippen LogP contribution in [0.1, 0.15) is 27.3 Å². The molecule has 9 heteroatoms. The lowest BCUT2D eigenvalue weighted by molar-refractivity contribution is 0.0696. The van der Waals surface area contributed by atoms with Crippen molar-refractivity contribution >= 4 is 29.0 Å². The number of pyridine rings is 1. The predicted molar refractivity (Wildman–Crippen MR) is 114 cm³/mol. The third kappa shape index (κ3) is 3.55. The van der Waals surface area contributed by atoms with Gasteiger partial charge in [-0.25, -0.2) is 4.79 Å². The molecule has 0 aliphatic carbocycles. The van der Waals surface area contributed by atoms with Gasteiger partial charge in [0.15, 0.2) is 0 Å². The SMILES string of the molecule is Cn1ncc2c1COCCOc1ccc(C(=O)O)cc1/C=C/c1n[nH]c3cnc-2cc13. The molecule has 0 saturated carbocycles. The van der Waals surface area contributed by atoms with E-state index < -0.39 is 5.97 Å². The summed E-state index contributed by atoms with van der Waals surface area (Å²) in [5.41, 5.74) is 4.91. The number of benzene rings is 1. The number of nitrogens with one attached hydrogen (secondary N) is 1. The molecule has 31 heavy (non-hydrogen) atoms. The van der Waals surface area contributed by atoms with Crippen molar-refractivity contribution in [2.24, 2.45) is 7.05 Å². The minimum absolute atomic E-state index is 0.183. The highest BCUT2D eigenvalue weighted by atomic mass is 16.5. The van der Waals surface area contributed by atoms with Crippen LogP contribution in [0.5, 0.6) is 5.75 Å². The standard InChI is InChI=1S/C22H19N5O4/c1-27-20-12-30-6-7-31-21-5-3-14(22(28)29)8-13(21)2-4-17-15-9-18(16(20)10-24-27)23-11-19(15)26-25-17/h2-5,8-11H,6-7,12H2,1H3,(H,25,26)(H,28,29)/b4-2+. The molecule has 1 aromatic carbocycles. The highest BCUT2D eigenvalue weighted by molar-refractivity contribution is 5.93. The molecule has 2 N–H and O–H groups in total. The average molecular weight is 417 g/mol. The van der Waals surface area contributed by atoms with Crippen molar-refractivity contribution in [3.63, 3.8) is 0 Å². The zero-order valence-electron chi connectivity index (χ0n) is 16.7. The molecule has 1 aliphatic heterocycles. The van der Waals surface area contributed by atoms with Gasteiger partial charge in [-0.2, -0.15) is 10.2 Å². The number of carboxylic acids is 1. The van der Waals surface area contributed by atoms with Gasteiger partial charge in [-0.05, 0) is 36.4 Å². The van der Waals surface area contributed by atoms with Gasteiger partial charge in [0.25, 0.3) is 0 Å². The fraction of sp³-hybridized carbons (Fsp3) is 0.182. The van der Waals surface area contributed by atoms with Gasteiger partial charge in [0, 0.05) is 23.6 Å². The molecule has 0 saturated heterocycles. The second-order valence-electron chi connectivity index (χ2n) is 7.14. The van der Waals surface area contributed by atoms with Crippen LogP contribution in [0.15, 0.2) is 36.7 Å². The Hall–Kier alpha value is -3.98. The number of hydrogen-bond acceptors (Lipinski definition) is 6. The number of aryl methyl sites for hydroxylation is 1. The number of aromatic carboxylic acids is 1. The van der Waals surface area contributed by atoms with Crippen molar-refractivity contribution in [3.05, 3.63) is 59.2 Å². The van der Waals surface area contributed by atoms with Crippen LogP contribution < -0.4 is 4.74 Å². The Morgan fingerprint density at radius 3 is 2.97 bits per heavy atom. The van der Waals surface area contributed by atoms with Gasteiger partial charge in [-0.1, -0.05) is 0 Å². The number of hydrogen-bond donors (Lipinski definition) is 2. The Kier molecular flexibility index (Phi) is 4.72. The maximum absolute atomic E-state index is 11.4. The van der Waals surface area contributed by atoms with Crippen LogP contribution in [0.3, 0.4) is 0 Å². The molecule has 4 aromatic rings. The van der Waals surface area contributed by atoms with Crippen molar-refractivity contribution in [3.8, 4) is 17.0 Å². The van der Waals surface area contributed by atoms with E-state index in [2.05, 4.69) is 20.3 Å². The lowest BCUT2D eigenvalue weighted by atomic mass is 10.1. The summed E-state index contributed by atoms with van der Waals surface area (Å²) in [5, 5.41) is 22.0. The molecule has 5 rings (SSSR count). The number of nitrogens with zero attached hydrogens (tertiary/aromatic N) is 4. The van der Waals surface area contributed by atoms with Crippen LogP contribution in [0.4, 0.5) is 0 Å². The molecule has 2 bridgehead atoms. The number of aromatic amines is 1. The molecule has 1 aliphatic rings. The average Bonchev–Trinajstić information content (AvgIpc) is 3.34. The fourth-order valence-corrected chi connectivity index (χ4v) is 3.55. The first-order valence-electron chi connectivity index (χ1n) is 9.71. The van der Waals surface area contributed by atoms with Gasteiger partial charge in [0.2, 0.25) is 0 Å². The first kappa shape index (κ1) is 19.0. The van der Waals surface area contributed by atoms with E-state index in [1.54, 1.807) is 35.3 Å². The van der Waals surface area contributed by atoms with E-state index in [0.717, 1.165) is 27.9 Å². The molecule has 4 heterocycles. The van der Waals surface area contributed by atoms with E-state index in [0.29, 0.717) is 36.8 Å². The number of ether oxygens (including phenoxy) is 2. The second-order valence-corrected chi connectivity index (χ2v) is 7.14. The zero-order chi connectivity index (χ0) is 21.4. The molecule has 0 amide bonds. The summed E-state index contributed by atoms with van der Waals surface area (Å²) in [7, 11) is 1.87. The van der Waals surface area contributed by atoms with Gasteiger partial charge in [-0.15, -0.1) is 0 Å². The van der Waals surface area contributed by atoms with E-state index >= 15 is 0 Å². The molecule has 156 valence electrons. The molecule has 9 nitrogen and oxygen atoms in total. The van der Waals surface area contributed by atoms with Crippen LogP contribution in [-0.2, 0) is 18.4 Å². The van der Waals surface area contributed by atoms with Crippen LogP contribution in [-0.4, -0.2) is 49.3 Å². The number of H-pyrrole nitrogens is 1. The first-order valence-corrected chi connectivity index (χ1v) is 9.71. The smallest absolute Gasteiger partial charge is 0.335 e. The maximum atomic E-state index is 11.4. The summed E-state index contributed by atoms with van der Waals surface area (Å²) < 4.78 is 13.5. The van der Waals surface area contributed by atoms with Gasteiger partial charge in [0.05, 0.1) is 53.8 Å². The lowest BCUT2D eigenvalue weighted by Crippen LogP contribution is -2.10. The van der Waals surface area contributed by atoms with Gasteiger partial charge >= 0.3 is 5.97 Å². The maximum Gasteiger partial charge on any atom is 0.335 e. The van der Waals surface area contributed by atoms with E-state index in [9.17, 15) is 9.90 Å². The van der Waals surface area contributed by atoms with E-state index in [4.69, 9.17) is 9.47 Å². The Morgan fingerprint density at radius 1 is 1.19 bits per heavy atom.